The van der Waals surface area contributed by atoms with Crippen molar-refractivity contribution in [2.75, 3.05) is 7.11 Å². The maximum atomic E-state index is 12.6. The predicted molar refractivity (Wildman–Crippen MR) is 109 cm³/mol. The van der Waals surface area contributed by atoms with Crippen molar-refractivity contribution in [3.63, 3.8) is 0 Å². The van der Waals surface area contributed by atoms with E-state index in [9.17, 15) is 13.2 Å². The summed E-state index contributed by atoms with van der Waals surface area (Å²) in [6, 6.07) is 9.21. The molecule has 1 aromatic heterocycles. The van der Waals surface area contributed by atoms with Crippen LogP contribution in [0.3, 0.4) is 0 Å². The van der Waals surface area contributed by atoms with E-state index in [0.29, 0.717) is 21.5 Å². The smallest absolute Gasteiger partial charge is 0.285 e. The van der Waals surface area contributed by atoms with E-state index in [4.69, 9.17) is 27.9 Å². The topological polar surface area (TPSA) is 90.3 Å². The Labute approximate surface area is 179 Å². The van der Waals surface area contributed by atoms with Crippen LogP contribution < -0.4 is 9.46 Å². The molecule has 1 heterocycles. The first-order valence-corrected chi connectivity index (χ1v) is 10.6. The fourth-order valence-corrected chi connectivity index (χ4v) is 4.77. The van der Waals surface area contributed by atoms with Gasteiger partial charge in [-0.3, -0.25) is 4.79 Å². The summed E-state index contributed by atoms with van der Waals surface area (Å²) in [5.41, 5.74) is 0.473. The molecule has 0 bridgehead atoms. The van der Waals surface area contributed by atoms with Crippen molar-refractivity contribution in [2.45, 2.75) is 4.90 Å². The largest absolute Gasteiger partial charge is 0.497 e. The zero-order valence-corrected chi connectivity index (χ0v) is 18.1. The van der Waals surface area contributed by atoms with Gasteiger partial charge in [0, 0.05) is 32.5 Å². The Morgan fingerprint density at radius 1 is 1.18 bits per heavy atom. The number of imidazole rings is 1. The minimum atomic E-state index is -4.16. The second-order valence-electron chi connectivity index (χ2n) is 5.52. The third kappa shape index (κ3) is 4.49. The molecule has 0 radical (unpaired) electrons. The van der Waals surface area contributed by atoms with Crippen molar-refractivity contribution < 1.29 is 17.9 Å². The molecule has 0 atom stereocenters. The van der Waals surface area contributed by atoms with E-state index in [1.807, 2.05) is 4.72 Å². The second kappa shape index (κ2) is 8.12. The highest BCUT2D eigenvalue weighted by Gasteiger charge is 2.23. The van der Waals surface area contributed by atoms with Gasteiger partial charge in [0.15, 0.2) is 0 Å². The molecule has 2 aromatic carbocycles. The maximum Gasteiger partial charge on any atom is 0.285 e. The molecular formula is C17H12BrCl2N3O4S. The molecule has 1 N–H and O–H groups in total. The Morgan fingerprint density at radius 3 is 2.50 bits per heavy atom. The Balaban J connectivity index is 1.86. The van der Waals surface area contributed by atoms with Gasteiger partial charge < -0.3 is 9.30 Å². The molecule has 11 heteroatoms. The van der Waals surface area contributed by atoms with Crippen LogP contribution in [0.2, 0.25) is 10.0 Å². The van der Waals surface area contributed by atoms with Gasteiger partial charge in [0.1, 0.15) is 22.7 Å². The summed E-state index contributed by atoms with van der Waals surface area (Å²) in [6.45, 7) is 0. The number of carbonyl (C=O) groups is 1. The zero-order valence-electron chi connectivity index (χ0n) is 14.2. The fraction of sp³-hybridized carbons (Fsp3) is 0.0588. The number of rotatable bonds is 5. The van der Waals surface area contributed by atoms with Gasteiger partial charge in [-0.2, -0.15) is 0 Å². The Morgan fingerprint density at radius 2 is 1.86 bits per heavy atom. The van der Waals surface area contributed by atoms with E-state index in [-0.39, 0.29) is 15.1 Å². The summed E-state index contributed by atoms with van der Waals surface area (Å²) in [4.78, 5) is 16.2. The summed E-state index contributed by atoms with van der Waals surface area (Å²) in [7, 11) is -2.75. The molecule has 0 spiro atoms. The Hall–Kier alpha value is -2.07. The van der Waals surface area contributed by atoms with Crippen LogP contribution in [0.4, 0.5) is 0 Å². The minimum absolute atomic E-state index is 0.0984. The molecule has 1 amide bonds. The lowest BCUT2D eigenvalue weighted by atomic mass is 10.3. The van der Waals surface area contributed by atoms with Crippen LogP contribution in [0.1, 0.15) is 10.5 Å². The lowest BCUT2D eigenvalue weighted by molar-refractivity contribution is 0.0977. The highest BCUT2D eigenvalue weighted by atomic mass is 79.9. The number of amides is 1. The highest BCUT2D eigenvalue weighted by molar-refractivity contribution is 9.10. The van der Waals surface area contributed by atoms with Crippen LogP contribution in [0.25, 0.3) is 5.69 Å². The molecule has 0 aliphatic heterocycles. The average Bonchev–Trinajstić information content (AvgIpc) is 3.11. The monoisotopic (exact) mass is 503 g/mol. The van der Waals surface area contributed by atoms with Crippen molar-refractivity contribution in [2.24, 2.45) is 0 Å². The number of methoxy groups -OCH3 is 1. The van der Waals surface area contributed by atoms with Gasteiger partial charge in [0.05, 0.1) is 7.11 Å². The molecule has 0 saturated carbocycles. The number of nitrogens with zero attached hydrogens (tertiary/aromatic N) is 2. The molecular weight excluding hydrogens is 493 g/mol. The van der Waals surface area contributed by atoms with Gasteiger partial charge in [-0.15, -0.1) is 0 Å². The molecule has 28 heavy (non-hydrogen) atoms. The standard InChI is InChI=1S/C17H12BrCl2N3O4S/c1-27-13-2-3-14(18)16(7-13)28(25,26)22-17(24)15-8-23(9-21-15)12-5-10(19)4-11(20)6-12/h2-9H,1H3,(H,22,24). The van der Waals surface area contributed by atoms with Crippen molar-refractivity contribution >= 4 is 55.1 Å². The SMILES string of the molecule is COc1ccc(Br)c(S(=O)(=O)NC(=O)c2cn(-c3cc(Cl)cc(Cl)c3)cn2)c1. The molecule has 0 saturated heterocycles. The van der Waals surface area contributed by atoms with Crippen molar-refractivity contribution in [1.29, 1.82) is 0 Å². The molecule has 7 nitrogen and oxygen atoms in total. The van der Waals surface area contributed by atoms with E-state index in [1.54, 1.807) is 24.3 Å². The highest BCUT2D eigenvalue weighted by Crippen LogP contribution is 2.27. The van der Waals surface area contributed by atoms with Gasteiger partial charge in [0.25, 0.3) is 15.9 Å². The quantitative estimate of drug-likeness (QED) is 0.565. The molecule has 146 valence electrons. The molecule has 0 unspecified atom stereocenters. The average molecular weight is 505 g/mol. The summed E-state index contributed by atoms with van der Waals surface area (Å²) in [6.07, 6.45) is 2.72. The summed E-state index contributed by atoms with van der Waals surface area (Å²) in [5, 5.41) is 0.820. The van der Waals surface area contributed by atoms with E-state index in [2.05, 4.69) is 20.9 Å². The van der Waals surface area contributed by atoms with E-state index >= 15 is 0 Å². The summed E-state index contributed by atoms with van der Waals surface area (Å²) in [5.74, 6) is -0.556. The number of ether oxygens (including phenoxy) is 1. The van der Waals surface area contributed by atoms with Gasteiger partial charge in [-0.1, -0.05) is 23.2 Å². The second-order valence-corrected chi connectivity index (χ2v) is 8.90. The van der Waals surface area contributed by atoms with E-state index in [0.717, 1.165) is 0 Å². The minimum Gasteiger partial charge on any atom is -0.497 e. The van der Waals surface area contributed by atoms with Gasteiger partial charge in [-0.25, -0.2) is 18.1 Å². The van der Waals surface area contributed by atoms with E-state index < -0.39 is 15.9 Å². The molecule has 0 aliphatic carbocycles. The van der Waals surface area contributed by atoms with Crippen LogP contribution >= 0.6 is 39.1 Å². The van der Waals surface area contributed by atoms with Crippen LogP contribution in [-0.4, -0.2) is 31.0 Å². The van der Waals surface area contributed by atoms with Crippen molar-refractivity contribution in [3.05, 3.63) is 69.1 Å². The lowest BCUT2D eigenvalue weighted by Crippen LogP contribution is -2.31. The third-order valence-electron chi connectivity index (χ3n) is 3.62. The first-order chi connectivity index (χ1) is 13.2. The van der Waals surface area contributed by atoms with Crippen LogP contribution in [0, 0.1) is 0 Å². The number of carbonyl (C=O) groups excluding carboxylic acids is 1. The fourth-order valence-electron chi connectivity index (χ4n) is 2.32. The predicted octanol–water partition coefficient (Wildman–Crippen LogP) is 4.07. The number of hydrogen-bond donors (Lipinski definition) is 1. The first-order valence-electron chi connectivity index (χ1n) is 7.61. The van der Waals surface area contributed by atoms with Crippen LogP contribution in [0.15, 0.2) is 58.3 Å². The number of halogens is 3. The first kappa shape index (κ1) is 20.7. The van der Waals surface area contributed by atoms with E-state index in [1.165, 1.54) is 36.3 Å². The van der Waals surface area contributed by atoms with Crippen LogP contribution in [-0.2, 0) is 10.0 Å². The number of aromatic nitrogens is 2. The molecule has 0 fully saturated rings. The number of nitrogens with one attached hydrogen (secondary N) is 1. The number of sulfonamides is 1. The summed E-state index contributed by atoms with van der Waals surface area (Å²) < 4.78 is 34.0. The molecule has 3 rings (SSSR count). The van der Waals surface area contributed by atoms with Crippen LogP contribution in [0.5, 0.6) is 5.75 Å². The number of hydrogen-bond acceptors (Lipinski definition) is 5. The normalized spacial score (nSPS) is 11.3. The molecule has 0 aliphatic rings. The van der Waals surface area contributed by atoms with Crippen molar-refractivity contribution in [3.8, 4) is 11.4 Å². The lowest BCUT2D eigenvalue weighted by Gasteiger charge is -2.09. The Kier molecular flexibility index (Phi) is 5.99. The van der Waals surface area contributed by atoms with Crippen molar-refractivity contribution in [1.82, 2.24) is 14.3 Å². The van der Waals surface area contributed by atoms with Gasteiger partial charge >= 0.3 is 0 Å². The zero-order chi connectivity index (χ0) is 20.5. The Bertz CT molecular complexity index is 1140. The number of benzene rings is 2. The molecule has 3 aromatic rings. The van der Waals surface area contributed by atoms with Gasteiger partial charge in [-0.05, 0) is 46.3 Å². The van der Waals surface area contributed by atoms with Gasteiger partial charge in [0.2, 0.25) is 0 Å². The maximum absolute atomic E-state index is 12.6. The summed E-state index contributed by atoms with van der Waals surface area (Å²) >= 11 is 15.1. The third-order valence-corrected chi connectivity index (χ3v) is 6.38.